The van der Waals surface area contributed by atoms with E-state index in [4.69, 9.17) is 5.11 Å². The van der Waals surface area contributed by atoms with Gasteiger partial charge in [-0.2, -0.15) is 0 Å². The van der Waals surface area contributed by atoms with Gasteiger partial charge in [0.25, 0.3) is 0 Å². The molecule has 1 nitrogen and oxygen atoms in total. The lowest BCUT2D eigenvalue weighted by Gasteiger charge is -2.21. The third-order valence-corrected chi connectivity index (χ3v) is 2.06. The number of alkyl halides is 1. The highest BCUT2D eigenvalue weighted by Crippen LogP contribution is 2.25. The molecule has 1 aliphatic carbocycles. The Morgan fingerprint density at radius 3 is 3.00 bits per heavy atom. The second kappa shape index (κ2) is 3.15. The Bertz CT molecular complexity index is 142. The van der Waals surface area contributed by atoms with Gasteiger partial charge in [0.05, 0.1) is 6.61 Å². The standard InChI is InChI=1S/C8H13FO/c1-6-2-3-7(5-10)4-8(6)9/h3,6,8,10H,2,4-5H2,1H3. The largest absolute Gasteiger partial charge is 0.392 e. The van der Waals surface area contributed by atoms with E-state index in [1.165, 1.54) is 0 Å². The van der Waals surface area contributed by atoms with Gasteiger partial charge in [-0.25, -0.2) is 4.39 Å². The van der Waals surface area contributed by atoms with Gasteiger partial charge in [-0.15, -0.1) is 0 Å². The number of allylic oxidation sites excluding steroid dienone is 1. The maximum atomic E-state index is 12.9. The summed E-state index contributed by atoms with van der Waals surface area (Å²) in [7, 11) is 0. The fourth-order valence-corrected chi connectivity index (χ4v) is 1.16. The summed E-state index contributed by atoms with van der Waals surface area (Å²) < 4.78 is 12.9. The van der Waals surface area contributed by atoms with Crippen molar-refractivity contribution in [1.29, 1.82) is 0 Å². The van der Waals surface area contributed by atoms with Crippen molar-refractivity contribution < 1.29 is 9.50 Å². The Morgan fingerprint density at radius 2 is 2.50 bits per heavy atom. The van der Waals surface area contributed by atoms with E-state index in [9.17, 15) is 4.39 Å². The molecule has 10 heavy (non-hydrogen) atoms. The SMILES string of the molecule is CC1CC=C(CO)CC1F. The second-order valence-electron chi connectivity index (χ2n) is 2.95. The molecule has 0 aromatic rings. The number of hydrogen-bond acceptors (Lipinski definition) is 1. The number of aliphatic hydroxyl groups is 1. The van der Waals surface area contributed by atoms with Crippen molar-refractivity contribution in [2.45, 2.75) is 25.9 Å². The van der Waals surface area contributed by atoms with Crippen molar-refractivity contribution in [3.8, 4) is 0 Å². The lowest BCUT2D eigenvalue weighted by atomic mass is 9.90. The molecule has 58 valence electrons. The zero-order chi connectivity index (χ0) is 7.56. The molecule has 0 amide bonds. The molecular formula is C8H13FO. The first-order valence-corrected chi connectivity index (χ1v) is 3.67. The minimum Gasteiger partial charge on any atom is -0.392 e. The quantitative estimate of drug-likeness (QED) is 0.555. The van der Waals surface area contributed by atoms with Crippen LogP contribution in [-0.2, 0) is 0 Å². The molecule has 0 radical (unpaired) electrons. The van der Waals surface area contributed by atoms with E-state index in [0.717, 1.165) is 12.0 Å². The van der Waals surface area contributed by atoms with Crippen molar-refractivity contribution in [3.63, 3.8) is 0 Å². The van der Waals surface area contributed by atoms with Crippen molar-refractivity contribution in [1.82, 2.24) is 0 Å². The van der Waals surface area contributed by atoms with Crippen molar-refractivity contribution in [3.05, 3.63) is 11.6 Å². The molecule has 1 aliphatic rings. The van der Waals surface area contributed by atoms with E-state index < -0.39 is 6.17 Å². The van der Waals surface area contributed by atoms with E-state index in [0.29, 0.717) is 6.42 Å². The van der Waals surface area contributed by atoms with Gasteiger partial charge in [-0.05, 0) is 17.9 Å². The van der Waals surface area contributed by atoms with Gasteiger partial charge in [0.15, 0.2) is 0 Å². The van der Waals surface area contributed by atoms with Gasteiger partial charge in [-0.3, -0.25) is 0 Å². The van der Waals surface area contributed by atoms with Crippen LogP contribution in [0.1, 0.15) is 19.8 Å². The Kier molecular flexibility index (Phi) is 2.44. The molecule has 2 heteroatoms. The molecule has 2 unspecified atom stereocenters. The first-order chi connectivity index (χ1) is 4.74. The summed E-state index contributed by atoms with van der Waals surface area (Å²) >= 11 is 0. The normalized spacial score (nSPS) is 33.7. The minimum atomic E-state index is -0.743. The van der Waals surface area contributed by atoms with Gasteiger partial charge in [0, 0.05) is 6.42 Å². The molecule has 0 aromatic heterocycles. The third-order valence-electron chi connectivity index (χ3n) is 2.06. The summed E-state index contributed by atoms with van der Waals surface area (Å²) in [5, 5.41) is 8.66. The number of halogens is 1. The van der Waals surface area contributed by atoms with Crippen LogP contribution < -0.4 is 0 Å². The molecule has 0 spiro atoms. The fraction of sp³-hybridized carbons (Fsp3) is 0.750. The Morgan fingerprint density at radius 1 is 1.80 bits per heavy atom. The highest BCUT2D eigenvalue weighted by molar-refractivity contribution is 5.08. The molecule has 0 saturated heterocycles. The highest BCUT2D eigenvalue weighted by Gasteiger charge is 2.20. The smallest absolute Gasteiger partial charge is 0.107 e. The maximum absolute atomic E-state index is 12.9. The fourth-order valence-electron chi connectivity index (χ4n) is 1.16. The third kappa shape index (κ3) is 1.57. The molecule has 0 heterocycles. The van der Waals surface area contributed by atoms with Crippen molar-refractivity contribution in [2.24, 2.45) is 5.92 Å². The van der Waals surface area contributed by atoms with E-state index in [1.54, 1.807) is 0 Å². The molecule has 2 atom stereocenters. The van der Waals surface area contributed by atoms with Crippen LogP contribution in [0.15, 0.2) is 11.6 Å². The number of rotatable bonds is 1. The van der Waals surface area contributed by atoms with Gasteiger partial charge >= 0.3 is 0 Å². The van der Waals surface area contributed by atoms with Crippen LogP contribution >= 0.6 is 0 Å². The lowest BCUT2D eigenvalue weighted by molar-refractivity contribution is 0.216. The molecule has 1 rings (SSSR count). The summed E-state index contributed by atoms with van der Waals surface area (Å²) in [4.78, 5) is 0. The van der Waals surface area contributed by atoms with Crippen LogP contribution in [0.2, 0.25) is 0 Å². The van der Waals surface area contributed by atoms with Crippen molar-refractivity contribution >= 4 is 0 Å². The number of hydrogen-bond donors (Lipinski definition) is 1. The topological polar surface area (TPSA) is 20.2 Å². The first-order valence-electron chi connectivity index (χ1n) is 3.67. The molecule has 0 aromatic carbocycles. The van der Waals surface area contributed by atoms with Crippen LogP contribution in [0.5, 0.6) is 0 Å². The van der Waals surface area contributed by atoms with Crippen LogP contribution in [0.4, 0.5) is 4.39 Å². The second-order valence-corrected chi connectivity index (χ2v) is 2.95. The monoisotopic (exact) mass is 144 g/mol. The average Bonchev–Trinajstić information content (AvgIpc) is 1.95. The predicted molar refractivity (Wildman–Crippen MR) is 38.5 cm³/mol. The summed E-state index contributed by atoms with van der Waals surface area (Å²) in [5.74, 6) is 0.135. The van der Waals surface area contributed by atoms with Gasteiger partial charge in [0.1, 0.15) is 6.17 Å². The first kappa shape index (κ1) is 7.73. The highest BCUT2D eigenvalue weighted by atomic mass is 19.1. The van der Waals surface area contributed by atoms with E-state index in [-0.39, 0.29) is 12.5 Å². The van der Waals surface area contributed by atoms with Gasteiger partial charge < -0.3 is 5.11 Å². The zero-order valence-corrected chi connectivity index (χ0v) is 6.18. The Labute approximate surface area is 60.6 Å². The summed E-state index contributed by atoms with van der Waals surface area (Å²) in [6.07, 6.45) is 2.40. The molecule has 0 aliphatic heterocycles. The summed E-state index contributed by atoms with van der Waals surface area (Å²) in [6.45, 7) is 1.92. The summed E-state index contributed by atoms with van der Waals surface area (Å²) in [5.41, 5.74) is 0.852. The molecule has 1 N–H and O–H groups in total. The number of aliphatic hydroxyl groups excluding tert-OH is 1. The van der Waals surface area contributed by atoms with Gasteiger partial charge in [0.2, 0.25) is 0 Å². The maximum Gasteiger partial charge on any atom is 0.107 e. The van der Waals surface area contributed by atoms with Crippen LogP contribution in [0.3, 0.4) is 0 Å². The molecule has 0 bridgehead atoms. The van der Waals surface area contributed by atoms with E-state index in [1.807, 2.05) is 13.0 Å². The zero-order valence-electron chi connectivity index (χ0n) is 6.18. The Balaban J connectivity index is 2.52. The van der Waals surface area contributed by atoms with E-state index >= 15 is 0 Å². The van der Waals surface area contributed by atoms with Crippen LogP contribution in [0.25, 0.3) is 0 Å². The Hall–Kier alpha value is -0.370. The van der Waals surface area contributed by atoms with Crippen LogP contribution in [-0.4, -0.2) is 17.9 Å². The lowest BCUT2D eigenvalue weighted by Crippen LogP contribution is -2.18. The van der Waals surface area contributed by atoms with Gasteiger partial charge in [-0.1, -0.05) is 13.0 Å². The van der Waals surface area contributed by atoms with E-state index in [2.05, 4.69) is 0 Å². The van der Waals surface area contributed by atoms with Crippen molar-refractivity contribution in [2.75, 3.05) is 6.61 Å². The summed E-state index contributed by atoms with van der Waals surface area (Å²) in [6, 6.07) is 0. The average molecular weight is 144 g/mol. The van der Waals surface area contributed by atoms with Crippen LogP contribution in [0, 0.1) is 5.92 Å². The molecule has 0 saturated carbocycles. The minimum absolute atomic E-state index is 0.0210. The molecule has 0 fully saturated rings. The molecular weight excluding hydrogens is 131 g/mol. The predicted octanol–water partition coefficient (Wildman–Crippen LogP) is 1.67.